The fourth-order valence-corrected chi connectivity index (χ4v) is 1.92. The quantitative estimate of drug-likeness (QED) is 0.712. The van der Waals surface area contributed by atoms with Gasteiger partial charge in [0.2, 0.25) is 5.91 Å². The number of carboxylic acids is 1. The molecule has 1 atom stereocenters. The summed E-state index contributed by atoms with van der Waals surface area (Å²) in [5, 5.41) is 11.8. The van der Waals surface area contributed by atoms with Gasteiger partial charge in [0, 0.05) is 12.6 Å². The van der Waals surface area contributed by atoms with Crippen LogP contribution in [0.4, 0.5) is 0 Å². The number of hydrogen-bond donors (Lipinski definition) is 2. The van der Waals surface area contributed by atoms with Gasteiger partial charge < -0.3 is 15.3 Å². The van der Waals surface area contributed by atoms with E-state index in [1.165, 1.54) is 13.8 Å². The molecule has 1 aliphatic heterocycles. The molecule has 0 saturated carbocycles. The zero-order chi connectivity index (χ0) is 13.1. The molecule has 1 amide bonds. The van der Waals surface area contributed by atoms with Gasteiger partial charge in [-0.15, -0.1) is 0 Å². The van der Waals surface area contributed by atoms with Gasteiger partial charge in [0.25, 0.3) is 0 Å². The summed E-state index contributed by atoms with van der Waals surface area (Å²) in [5.74, 6) is -1.48. The van der Waals surface area contributed by atoms with Crippen molar-refractivity contribution in [1.29, 1.82) is 0 Å². The summed E-state index contributed by atoms with van der Waals surface area (Å²) in [4.78, 5) is 25.1. The van der Waals surface area contributed by atoms with E-state index in [0.29, 0.717) is 0 Å². The fraction of sp³-hybridized carbons (Fsp3) is 0.833. The van der Waals surface area contributed by atoms with Crippen LogP contribution >= 0.6 is 0 Å². The number of nitrogens with one attached hydrogen (secondary N) is 1. The number of aliphatic carboxylic acids is 1. The molecule has 0 bridgehead atoms. The lowest BCUT2D eigenvalue weighted by molar-refractivity contribution is -0.153. The van der Waals surface area contributed by atoms with E-state index in [2.05, 4.69) is 17.1 Å². The van der Waals surface area contributed by atoms with Gasteiger partial charge in [-0.25, -0.2) is 0 Å². The minimum atomic E-state index is -1.35. The molecular weight excluding hydrogens is 220 g/mol. The van der Waals surface area contributed by atoms with Crippen LogP contribution in [0, 0.1) is 5.41 Å². The Morgan fingerprint density at radius 3 is 2.65 bits per heavy atom. The van der Waals surface area contributed by atoms with Crippen molar-refractivity contribution in [3.05, 3.63) is 0 Å². The first-order chi connectivity index (χ1) is 7.87. The van der Waals surface area contributed by atoms with E-state index in [1.807, 2.05) is 0 Å². The van der Waals surface area contributed by atoms with Gasteiger partial charge in [-0.2, -0.15) is 0 Å². The van der Waals surface area contributed by atoms with Crippen LogP contribution in [-0.4, -0.2) is 47.6 Å². The SMILES string of the molecule is CCN1CCCC(NC(=O)C(C)(C)C(=O)O)C1. The molecule has 5 nitrogen and oxygen atoms in total. The number of nitrogens with zero attached hydrogens (tertiary/aromatic N) is 1. The molecule has 0 aliphatic carbocycles. The number of likely N-dealkylation sites (tertiary alicyclic amines) is 1. The highest BCUT2D eigenvalue weighted by molar-refractivity contribution is 6.01. The minimum Gasteiger partial charge on any atom is -0.480 e. The van der Waals surface area contributed by atoms with E-state index in [1.54, 1.807) is 0 Å². The predicted molar refractivity (Wildman–Crippen MR) is 64.7 cm³/mol. The van der Waals surface area contributed by atoms with E-state index >= 15 is 0 Å². The van der Waals surface area contributed by atoms with Gasteiger partial charge in [0.15, 0.2) is 0 Å². The highest BCUT2D eigenvalue weighted by Crippen LogP contribution is 2.17. The van der Waals surface area contributed by atoms with Crippen LogP contribution in [0.5, 0.6) is 0 Å². The number of amides is 1. The second-order valence-electron chi connectivity index (χ2n) is 5.14. The Morgan fingerprint density at radius 1 is 1.47 bits per heavy atom. The summed E-state index contributed by atoms with van der Waals surface area (Å²) in [7, 11) is 0. The molecule has 5 heteroatoms. The molecule has 98 valence electrons. The smallest absolute Gasteiger partial charge is 0.318 e. The van der Waals surface area contributed by atoms with Gasteiger partial charge in [-0.1, -0.05) is 6.92 Å². The standard InChI is InChI=1S/C12H22N2O3/c1-4-14-7-5-6-9(8-14)13-10(15)12(2,3)11(16)17/h9H,4-8H2,1-3H3,(H,13,15)(H,16,17). The van der Waals surface area contributed by atoms with Crippen molar-refractivity contribution in [2.45, 2.75) is 39.7 Å². The summed E-state index contributed by atoms with van der Waals surface area (Å²) in [6, 6.07) is 0.0785. The van der Waals surface area contributed by atoms with Crippen molar-refractivity contribution in [1.82, 2.24) is 10.2 Å². The third-order valence-corrected chi connectivity index (χ3v) is 3.39. The normalized spacial score (nSPS) is 22.2. The van der Waals surface area contributed by atoms with E-state index in [9.17, 15) is 9.59 Å². The molecule has 1 fully saturated rings. The zero-order valence-electron chi connectivity index (χ0n) is 10.8. The van der Waals surface area contributed by atoms with Gasteiger partial charge in [0.1, 0.15) is 5.41 Å². The Labute approximate surface area is 102 Å². The molecule has 1 heterocycles. The molecule has 2 N–H and O–H groups in total. The van der Waals surface area contributed by atoms with Crippen molar-refractivity contribution in [3.8, 4) is 0 Å². The number of hydrogen-bond acceptors (Lipinski definition) is 3. The van der Waals surface area contributed by atoms with Gasteiger partial charge in [0.05, 0.1) is 0 Å². The molecule has 0 aromatic carbocycles. The lowest BCUT2D eigenvalue weighted by Gasteiger charge is -2.33. The number of carbonyl (C=O) groups is 2. The van der Waals surface area contributed by atoms with Crippen LogP contribution < -0.4 is 5.32 Å². The topological polar surface area (TPSA) is 69.6 Å². The van der Waals surface area contributed by atoms with Gasteiger partial charge in [-0.3, -0.25) is 9.59 Å². The second kappa shape index (κ2) is 5.49. The lowest BCUT2D eigenvalue weighted by Crippen LogP contribution is -2.52. The van der Waals surface area contributed by atoms with Crippen molar-refractivity contribution < 1.29 is 14.7 Å². The molecular formula is C12H22N2O3. The second-order valence-corrected chi connectivity index (χ2v) is 5.14. The van der Waals surface area contributed by atoms with Crippen LogP contribution in [0.25, 0.3) is 0 Å². The maximum absolute atomic E-state index is 11.9. The Kier molecular flexibility index (Phi) is 4.51. The monoisotopic (exact) mass is 242 g/mol. The molecule has 0 radical (unpaired) electrons. The largest absolute Gasteiger partial charge is 0.480 e. The molecule has 0 spiro atoms. The maximum atomic E-state index is 11.9. The van der Waals surface area contributed by atoms with Crippen LogP contribution in [-0.2, 0) is 9.59 Å². The summed E-state index contributed by atoms with van der Waals surface area (Å²) < 4.78 is 0. The number of carbonyl (C=O) groups excluding carboxylic acids is 1. The van der Waals surface area contributed by atoms with Crippen LogP contribution in [0.2, 0.25) is 0 Å². The molecule has 1 rings (SSSR count). The maximum Gasteiger partial charge on any atom is 0.318 e. The van der Waals surface area contributed by atoms with Crippen molar-refractivity contribution in [2.75, 3.05) is 19.6 Å². The molecule has 0 aromatic heterocycles. The van der Waals surface area contributed by atoms with E-state index in [0.717, 1.165) is 32.5 Å². The minimum absolute atomic E-state index is 0.0785. The van der Waals surface area contributed by atoms with E-state index < -0.39 is 17.3 Å². The number of carboxylic acid groups (broad SMARTS) is 1. The first-order valence-corrected chi connectivity index (χ1v) is 6.14. The third kappa shape index (κ3) is 3.43. The van der Waals surface area contributed by atoms with Crippen molar-refractivity contribution in [2.24, 2.45) is 5.41 Å². The molecule has 1 saturated heterocycles. The highest BCUT2D eigenvalue weighted by Gasteiger charge is 2.37. The lowest BCUT2D eigenvalue weighted by atomic mass is 9.91. The average Bonchev–Trinajstić information content (AvgIpc) is 2.29. The van der Waals surface area contributed by atoms with Crippen LogP contribution in [0.1, 0.15) is 33.6 Å². The van der Waals surface area contributed by atoms with Crippen LogP contribution in [0.15, 0.2) is 0 Å². The Bertz CT molecular complexity index is 302. The molecule has 1 unspecified atom stereocenters. The van der Waals surface area contributed by atoms with Crippen molar-refractivity contribution in [3.63, 3.8) is 0 Å². The summed E-state index contributed by atoms with van der Waals surface area (Å²) >= 11 is 0. The number of likely N-dealkylation sites (N-methyl/N-ethyl adjacent to an activating group) is 1. The summed E-state index contributed by atoms with van der Waals surface area (Å²) in [6.07, 6.45) is 1.98. The molecule has 0 aromatic rings. The Hall–Kier alpha value is -1.10. The molecule has 1 aliphatic rings. The first kappa shape index (κ1) is 14.0. The van der Waals surface area contributed by atoms with Crippen LogP contribution in [0.3, 0.4) is 0 Å². The number of piperidine rings is 1. The first-order valence-electron chi connectivity index (χ1n) is 6.14. The summed E-state index contributed by atoms with van der Waals surface area (Å²) in [6.45, 7) is 7.80. The van der Waals surface area contributed by atoms with E-state index in [4.69, 9.17) is 5.11 Å². The van der Waals surface area contributed by atoms with Crippen molar-refractivity contribution >= 4 is 11.9 Å². The zero-order valence-corrected chi connectivity index (χ0v) is 10.8. The van der Waals surface area contributed by atoms with Gasteiger partial charge in [-0.05, 0) is 39.8 Å². The average molecular weight is 242 g/mol. The van der Waals surface area contributed by atoms with Gasteiger partial charge >= 0.3 is 5.97 Å². The van der Waals surface area contributed by atoms with E-state index in [-0.39, 0.29) is 6.04 Å². The molecule has 17 heavy (non-hydrogen) atoms. The number of rotatable bonds is 4. The fourth-order valence-electron chi connectivity index (χ4n) is 1.92. The highest BCUT2D eigenvalue weighted by atomic mass is 16.4. The Balaban J connectivity index is 2.54. The Morgan fingerprint density at radius 2 is 2.12 bits per heavy atom. The summed E-state index contributed by atoms with van der Waals surface area (Å²) in [5.41, 5.74) is -1.35. The predicted octanol–water partition coefficient (Wildman–Crippen LogP) is 0.698. The third-order valence-electron chi connectivity index (χ3n) is 3.39.